The van der Waals surface area contributed by atoms with Crippen molar-refractivity contribution in [3.8, 4) is 5.75 Å². The summed E-state index contributed by atoms with van der Waals surface area (Å²) in [5, 5.41) is 9.71. The minimum Gasteiger partial charge on any atom is -0.494 e. The summed E-state index contributed by atoms with van der Waals surface area (Å²) in [5.41, 5.74) is 6.41. The van der Waals surface area contributed by atoms with E-state index in [9.17, 15) is 14.7 Å². The van der Waals surface area contributed by atoms with Crippen LogP contribution in [0.15, 0.2) is 18.2 Å². The van der Waals surface area contributed by atoms with Crippen LogP contribution in [0.25, 0.3) is 0 Å². The second-order valence-corrected chi connectivity index (χ2v) is 11.9. The van der Waals surface area contributed by atoms with Gasteiger partial charge in [0.05, 0.1) is 29.1 Å². The molecule has 2 aliphatic heterocycles. The fourth-order valence-electron chi connectivity index (χ4n) is 6.61. The number of carbonyl (C=O) groups excluding carboxylic acids is 1. The van der Waals surface area contributed by atoms with E-state index in [0.717, 1.165) is 62.2 Å². The molecule has 0 bridgehead atoms. The van der Waals surface area contributed by atoms with E-state index in [-0.39, 0.29) is 17.5 Å². The van der Waals surface area contributed by atoms with Crippen LogP contribution in [-0.2, 0) is 19.4 Å². The summed E-state index contributed by atoms with van der Waals surface area (Å²) in [5.74, 6) is 1.46. The van der Waals surface area contributed by atoms with E-state index in [1.807, 2.05) is 11.8 Å². The molecule has 1 aromatic carbocycles. The number of hydrogen-bond donors (Lipinski definition) is 1. The van der Waals surface area contributed by atoms with Crippen molar-refractivity contribution in [3.05, 3.63) is 57.4 Å². The Bertz CT molecular complexity index is 1260. The summed E-state index contributed by atoms with van der Waals surface area (Å²) < 4.78 is 6.14. The van der Waals surface area contributed by atoms with E-state index < -0.39 is 5.97 Å². The largest absolute Gasteiger partial charge is 0.494 e. The predicted octanol–water partition coefficient (Wildman–Crippen LogP) is 5.55. The lowest BCUT2D eigenvalue weighted by Gasteiger charge is -2.40. The van der Waals surface area contributed by atoms with Crippen molar-refractivity contribution in [2.24, 2.45) is 0 Å². The van der Waals surface area contributed by atoms with E-state index >= 15 is 0 Å². The van der Waals surface area contributed by atoms with E-state index in [1.54, 1.807) is 11.6 Å². The summed E-state index contributed by atoms with van der Waals surface area (Å²) in [6.45, 7) is 8.17. The molecule has 0 atom stereocenters. The Balaban J connectivity index is 1.14. The SMILES string of the molecule is CCCc1nc2c(cc1C(=O)O)C(=O)N(C1CCN(Cc3cc(C4CC4)c(C4CC4)cc3OCC)CC1)CC2. The van der Waals surface area contributed by atoms with Gasteiger partial charge in [0, 0.05) is 44.2 Å². The van der Waals surface area contributed by atoms with Gasteiger partial charge in [0.25, 0.3) is 5.91 Å². The first kappa shape index (κ1) is 26.3. The van der Waals surface area contributed by atoms with Gasteiger partial charge in [0.1, 0.15) is 5.75 Å². The van der Waals surface area contributed by atoms with Crippen LogP contribution in [-0.4, -0.2) is 64.0 Å². The van der Waals surface area contributed by atoms with Gasteiger partial charge in [0.2, 0.25) is 0 Å². The smallest absolute Gasteiger partial charge is 0.337 e. The third-order valence-corrected chi connectivity index (χ3v) is 8.97. The Morgan fingerprint density at radius 1 is 1.00 bits per heavy atom. The van der Waals surface area contributed by atoms with Crippen LogP contribution in [0.3, 0.4) is 0 Å². The van der Waals surface area contributed by atoms with Crippen molar-refractivity contribution in [2.45, 2.75) is 96.1 Å². The monoisotopic (exact) mass is 531 g/mol. The first-order chi connectivity index (χ1) is 19.0. The highest BCUT2D eigenvalue weighted by Crippen LogP contribution is 2.51. The molecule has 2 aromatic rings. The maximum absolute atomic E-state index is 13.5. The molecule has 0 unspecified atom stereocenters. The molecule has 1 N–H and O–H groups in total. The molecule has 1 aromatic heterocycles. The molecule has 0 spiro atoms. The molecule has 3 fully saturated rings. The topological polar surface area (TPSA) is 83.0 Å². The number of hydrogen-bond acceptors (Lipinski definition) is 5. The molecule has 4 aliphatic rings. The lowest BCUT2D eigenvalue weighted by molar-refractivity contribution is 0.0543. The van der Waals surface area contributed by atoms with E-state index in [2.05, 4.69) is 28.9 Å². The highest BCUT2D eigenvalue weighted by atomic mass is 16.5. The first-order valence-corrected chi connectivity index (χ1v) is 15.1. The van der Waals surface area contributed by atoms with Crippen LogP contribution in [0.4, 0.5) is 0 Å². The quantitative estimate of drug-likeness (QED) is 0.433. The number of pyridine rings is 1. The number of carbonyl (C=O) groups is 2. The van der Waals surface area contributed by atoms with Gasteiger partial charge in [-0.3, -0.25) is 14.7 Å². The van der Waals surface area contributed by atoms with E-state index in [1.165, 1.54) is 36.8 Å². The van der Waals surface area contributed by atoms with Crippen LogP contribution in [0.5, 0.6) is 5.75 Å². The minimum absolute atomic E-state index is 0.0591. The lowest BCUT2D eigenvalue weighted by Crippen LogP contribution is -2.50. The summed E-state index contributed by atoms with van der Waals surface area (Å²) >= 11 is 0. The van der Waals surface area contributed by atoms with Crippen molar-refractivity contribution >= 4 is 11.9 Å². The van der Waals surface area contributed by atoms with Crippen molar-refractivity contribution < 1.29 is 19.4 Å². The summed E-state index contributed by atoms with van der Waals surface area (Å²) in [4.78, 5) is 34.5. The number of aryl methyl sites for hydroxylation is 1. The molecule has 6 rings (SSSR count). The Kier molecular flexibility index (Phi) is 7.36. The predicted molar refractivity (Wildman–Crippen MR) is 150 cm³/mol. The number of amides is 1. The molecule has 208 valence electrons. The first-order valence-electron chi connectivity index (χ1n) is 15.1. The average molecular weight is 532 g/mol. The van der Waals surface area contributed by atoms with Gasteiger partial charge in [0.15, 0.2) is 0 Å². The Hall–Kier alpha value is -2.93. The van der Waals surface area contributed by atoms with Gasteiger partial charge in [-0.1, -0.05) is 19.4 Å². The van der Waals surface area contributed by atoms with Gasteiger partial charge in [-0.15, -0.1) is 0 Å². The molecule has 2 aliphatic carbocycles. The van der Waals surface area contributed by atoms with Crippen molar-refractivity contribution in [1.29, 1.82) is 0 Å². The number of fused-ring (bicyclic) bond motifs is 1. The third-order valence-electron chi connectivity index (χ3n) is 8.97. The van der Waals surface area contributed by atoms with E-state index in [0.29, 0.717) is 37.3 Å². The molecular formula is C32H41N3O4. The normalized spacial score (nSPS) is 20.3. The number of likely N-dealkylation sites (tertiary alicyclic amines) is 1. The maximum Gasteiger partial charge on any atom is 0.337 e. The standard InChI is InChI=1S/C32H41N3O4/c1-3-5-28-27(32(37)38)17-26-29(33-28)12-15-35(31(26)36)23-10-13-34(14-11-23)19-22-16-24(20-6-7-20)25(21-8-9-21)18-30(22)39-4-2/h16-18,20-21,23H,3-15,19H2,1-2H3,(H,37,38). The number of benzene rings is 1. The number of aromatic carboxylic acids is 1. The Labute approximate surface area is 231 Å². The number of aromatic nitrogens is 1. The van der Waals surface area contributed by atoms with Crippen molar-refractivity contribution in [1.82, 2.24) is 14.8 Å². The number of carboxylic acid groups (broad SMARTS) is 1. The molecular weight excluding hydrogens is 490 g/mol. The van der Waals surface area contributed by atoms with E-state index in [4.69, 9.17) is 4.74 Å². The molecule has 1 amide bonds. The molecule has 0 radical (unpaired) electrons. The molecule has 3 heterocycles. The van der Waals surface area contributed by atoms with Gasteiger partial charge in [-0.05, 0) is 87.0 Å². The summed E-state index contributed by atoms with van der Waals surface area (Å²) in [7, 11) is 0. The maximum atomic E-state index is 13.5. The highest BCUT2D eigenvalue weighted by Gasteiger charge is 2.36. The molecule has 39 heavy (non-hydrogen) atoms. The zero-order chi connectivity index (χ0) is 27.1. The van der Waals surface area contributed by atoms with Crippen LogP contribution < -0.4 is 4.74 Å². The molecule has 7 nitrogen and oxygen atoms in total. The van der Waals surface area contributed by atoms with Crippen molar-refractivity contribution in [2.75, 3.05) is 26.2 Å². The fourth-order valence-corrected chi connectivity index (χ4v) is 6.61. The van der Waals surface area contributed by atoms with Gasteiger partial charge >= 0.3 is 5.97 Å². The summed E-state index contributed by atoms with van der Waals surface area (Å²) in [6.07, 6.45) is 9.22. The van der Waals surface area contributed by atoms with Gasteiger partial charge < -0.3 is 14.7 Å². The molecule has 2 saturated carbocycles. The number of carboxylic acids is 1. The van der Waals surface area contributed by atoms with Crippen LogP contribution in [0.1, 0.15) is 119 Å². The van der Waals surface area contributed by atoms with Crippen LogP contribution >= 0.6 is 0 Å². The third kappa shape index (κ3) is 5.43. The van der Waals surface area contributed by atoms with Crippen LogP contribution in [0, 0.1) is 0 Å². The average Bonchev–Trinajstić information content (AvgIpc) is 3.84. The van der Waals surface area contributed by atoms with Gasteiger partial charge in [-0.25, -0.2) is 4.79 Å². The second-order valence-electron chi connectivity index (χ2n) is 11.9. The number of piperidine rings is 1. The summed E-state index contributed by atoms with van der Waals surface area (Å²) in [6, 6.07) is 6.56. The van der Waals surface area contributed by atoms with Crippen LogP contribution in [0.2, 0.25) is 0 Å². The second kappa shape index (κ2) is 10.9. The zero-order valence-electron chi connectivity index (χ0n) is 23.4. The number of ether oxygens (including phenoxy) is 1. The fraction of sp³-hybridized carbons (Fsp3) is 0.594. The molecule has 7 heteroatoms. The number of rotatable bonds is 10. The minimum atomic E-state index is -1.01. The van der Waals surface area contributed by atoms with Crippen molar-refractivity contribution in [3.63, 3.8) is 0 Å². The number of nitrogens with zero attached hydrogens (tertiary/aromatic N) is 3. The lowest BCUT2D eigenvalue weighted by atomic mass is 9.94. The zero-order valence-corrected chi connectivity index (χ0v) is 23.4. The Morgan fingerprint density at radius 2 is 1.69 bits per heavy atom. The van der Waals surface area contributed by atoms with Gasteiger partial charge in [-0.2, -0.15) is 0 Å². The molecule has 1 saturated heterocycles. The highest BCUT2D eigenvalue weighted by molar-refractivity contribution is 5.99. The Morgan fingerprint density at radius 3 is 2.31 bits per heavy atom.